The average molecular weight is 426 g/mol. The molecule has 0 aromatic heterocycles. The first-order valence-electron chi connectivity index (χ1n) is 10.4. The van der Waals surface area contributed by atoms with Gasteiger partial charge in [-0.15, -0.1) is 0 Å². The van der Waals surface area contributed by atoms with Gasteiger partial charge < -0.3 is 15.0 Å². The quantitative estimate of drug-likeness (QED) is 0.655. The first-order chi connectivity index (χ1) is 14.4. The van der Waals surface area contributed by atoms with Crippen LogP contribution in [0.25, 0.3) is 0 Å². The van der Waals surface area contributed by atoms with Gasteiger partial charge in [-0.25, -0.2) is 17.9 Å². The Morgan fingerprint density at radius 1 is 0.967 bits per heavy atom. The fraction of sp³-hybridized carbons (Fsp3) is 0.381. The van der Waals surface area contributed by atoms with E-state index in [1.165, 1.54) is 29.3 Å². The van der Waals surface area contributed by atoms with Crippen molar-refractivity contribution in [3.8, 4) is 5.75 Å². The molecule has 5 rings (SSSR count). The predicted molar refractivity (Wildman–Crippen MR) is 113 cm³/mol. The standard InChI is InChI=1S/C21H23BN2O5S/c25-21(23-20-17-5-1-3-13(17)11-14-4-2-6-18(14)20)24-30(27,28)16-7-8-19-15(12-16)9-10-22(26)29-19/h7-8,11-12,26H,1-6,9-10H2,(H2,23,24,25). The zero-order valence-electron chi connectivity index (χ0n) is 16.5. The van der Waals surface area contributed by atoms with Crippen LogP contribution in [0, 0.1) is 0 Å². The van der Waals surface area contributed by atoms with Crippen LogP contribution in [0.3, 0.4) is 0 Å². The molecule has 9 heteroatoms. The van der Waals surface area contributed by atoms with Crippen molar-refractivity contribution in [1.82, 2.24) is 4.72 Å². The van der Waals surface area contributed by atoms with Gasteiger partial charge in [0.2, 0.25) is 0 Å². The summed E-state index contributed by atoms with van der Waals surface area (Å²) in [5.74, 6) is 0.465. The van der Waals surface area contributed by atoms with Gasteiger partial charge in [0.25, 0.3) is 10.0 Å². The second-order valence-corrected chi connectivity index (χ2v) is 9.86. The minimum absolute atomic E-state index is 0.0000840. The van der Waals surface area contributed by atoms with E-state index in [2.05, 4.69) is 16.1 Å². The van der Waals surface area contributed by atoms with Crippen LogP contribution in [-0.2, 0) is 42.1 Å². The zero-order valence-corrected chi connectivity index (χ0v) is 17.3. The summed E-state index contributed by atoms with van der Waals surface area (Å²) in [6, 6.07) is 5.91. The van der Waals surface area contributed by atoms with Gasteiger partial charge in [-0.05, 0) is 97.3 Å². The molecule has 30 heavy (non-hydrogen) atoms. The van der Waals surface area contributed by atoms with E-state index in [0.717, 1.165) is 55.3 Å². The number of carbonyl (C=O) groups excluding carboxylic acids is 1. The second kappa shape index (κ2) is 7.32. The van der Waals surface area contributed by atoms with Crippen molar-refractivity contribution < 1.29 is 22.9 Å². The second-order valence-electron chi connectivity index (χ2n) is 8.17. The van der Waals surface area contributed by atoms with E-state index < -0.39 is 23.2 Å². The minimum Gasteiger partial charge on any atom is -0.536 e. The molecule has 0 spiro atoms. The number of anilines is 1. The van der Waals surface area contributed by atoms with E-state index in [9.17, 15) is 18.2 Å². The average Bonchev–Trinajstić information content (AvgIpc) is 3.36. The van der Waals surface area contributed by atoms with Crippen molar-refractivity contribution in [2.45, 2.75) is 56.2 Å². The van der Waals surface area contributed by atoms with Crippen LogP contribution in [-0.4, -0.2) is 26.6 Å². The Bertz CT molecular complexity index is 1120. The van der Waals surface area contributed by atoms with E-state index in [1.807, 2.05) is 0 Å². The fourth-order valence-corrected chi connectivity index (χ4v) is 5.76. The Morgan fingerprint density at radius 3 is 2.37 bits per heavy atom. The molecule has 2 aromatic rings. The summed E-state index contributed by atoms with van der Waals surface area (Å²) in [6.07, 6.45) is 6.83. The molecule has 0 bridgehead atoms. The minimum atomic E-state index is -4.03. The van der Waals surface area contributed by atoms with Gasteiger partial charge in [0.05, 0.1) is 4.90 Å². The highest BCUT2D eigenvalue weighted by Crippen LogP contribution is 2.38. The van der Waals surface area contributed by atoms with Crippen LogP contribution in [0.2, 0.25) is 6.32 Å². The lowest BCUT2D eigenvalue weighted by Crippen LogP contribution is -2.35. The Labute approximate surface area is 176 Å². The largest absolute Gasteiger partial charge is 0.536 e. The Balaban J connectivity index is 1.38. The first-order valence-corrected chi connectivity index (χ1v) is 11.9. The van der Waals surface area contributed by atoms with E-state index >= 15 is 0 Å². The van der Waals surface area contributed by atoms with Gasteiger partial charge >= 0.3 is 13.1 Å². The SMILES string of the molecule is O=C(Nc1c2c(cc3c1CCC3)CCC2)NS(=O)(=O)c1ccc2c(c1)CCB(O)O2. The van der Waals surface area contributed by atoms with Crippen molar-refractivity contribution in [2.24, 2.45) is 0 Å². The van der Waals surface area contributed by atoms with Gasteiger partial charge in [-0.3, -0.25) is 0 Å². The molecule has 2 amide bonds. The Kier molecular flexibility index (Phi) is 4.74. The Hall–Kier alpha value is -2.52. The van der Waals surface area contributed by atoms with Gasteiger partial charge in [-0.1, -0.05) is 6.07 Å². The number of rotatable bonds is 3. The number of aryl methyl sites for hydroxylation is 3. The smallest absolute Gasteiger partial charge is 0.522 e. The molecule has 0 atom stereocenters. The van der Waals surface area contributed by atoms with Crippen LogP contribution < -0.4 is 14.7 Å². The number of hydrogen-bond donors (Lipinski definition) is 3. The summed E-state index contributed by atoms with van der Waals surface area (Å²) in [5.41, 5.74) is 6.33. The number of nitrogens with one attached hydrogen (secondary N) is 2. The highest BCUT2D eigenvalue weighted by molar-refractivity contribution is 7.90. The molecule has 0 unspecified atom stereocenters. The first kappa shape index (κ1) is 19.4. The summed E-state index contributed by atoms with van der Waals surface area (Å²) in [7, 11) is -4.91. The molecule has 0 radical (unpaired) electrons. The van der Waals surface area contributed by atoms with Crippen LogP contribution in [0.5, 0.6) is 5.75 Å². The molecule has 1 aliphatic heterocycles. The van der Waals surface area contributed by atoms with Crippen LogP contribution in [0.1, 0.15) is 40.7 Å². The summed E-state index contributed by atoms with van der Waals surface area (Å²) < 4.78 is 33.0. The van der Waals surface area contributed by atoms with E-state index in [0.29, 0.717) is 24.1 Å². The molecular formula is C21H23BN2O5S. The zero-order chi connectivity index (χ0) is 20.9. The van der Waals surface area contributed by atoms with E-state index in [-0.39, 0.29) is 4.90 Å². The molecule has 156 valence electrons. The maximum absolute atomic E-state index is 12.8. The van der Waals surface area contributed by atoms with Gasteiger partial charge in [-0.2, -0.15) is 0 Å². The Morgan fingerprint density at radius 2 is 1.67 bits per heavy atom. The van der Waals surface area contributed by atoms with Crippen LogP contribution in [0.15, 0.2) is 29.2 Å². The molecule has 0 saturated carbocycles. The third kappa shape index (κ3) is 3.46. The fourth-order valence-electron chi connectivity index (χ4n) is 4.80. The van der Waals surface area contributed by atoms with Crippen molar-refractivity contribution in [1.29, 1.82) is 0 Å². The molecule has 2 aliphatic carbocycles. The summed E-state index contributed by atoms with van der Waals surface area (Å²) in [5, 5.41) is 12.4. The number of fused-ring (bicyclic) bond motifs is 3. The summed E-state index contributed by atoms with van der Waals surface area (Å²) >= 11 is 0. The molecule has 0 saturated heterocycles. The third-order valence-electron chi connectivity index (χ3n) is 6.20. The van der Waals surface area contributed by atoms with Crippen LogP contribution >= 0.6 is 0 Å². The lowest BCUT2D eigenvalue weighted by molar-refractivity contribution is 0.256. The van der Waals surface area contributed by atoms with Crippen LogP contribution in [0.4, 0.5) is 10.5 Å². The number of carbonyl (C=O) groups is 1. The highest BCUT2D eigenvalue weighted by atomic mass is 32.2. The topological polar surface area (TPSA) is 105 Å². The maximum atomic E-state index is 12.8. The summed E-state index contributed by atoms with van der Waals surface area (Å²) in [4.78, 5) is 12.7. The third-order valence-corrected chi connectivity index (χ3v) is 7.53. The van der Waals surface area contributed by atoms with E-state index in [1.54, 1.807) is 0 Å². The molecule has 3 N–H and O–H groups in total. The highest BCUT2D eigenvalue weighted by Gasteiger charge is 2.28. The van der Waals surface area contributed by atoms with E-state index in [4.69, 9.17) is 4.65 Å². The number of urea groups is 1. The number of hydrogen-bond acceptors (Lipinski definition) is 5. The van der Waals surface area contributed by atoms with Crippen molar-refractivity contribution in [2.75, 3.05) is 5.32 Å². The van der Waals surface area contributed by atoms with Gasteiger partial charge in [0, 0.05) is 5.69 Å². The normalized spacial score (nSPS) is 17.0. The van der Waals surface area contributed by atoms with Crippen molar-refractivity contribution in [3.63, 3.8) is 0 Å². The van der Waals surface area contributed by atoms with Crippen molar-refractivity contribution in [3.05, 3.63) is 52.1 Å². The van der Waals surface area contributed by atoms with Crippen molar-refractivity contribution >= 4 is 28.9 Å². The molecule has 0 fully saturated rings. The number of benzene rings is 2. The number of amides is 2. The van der Waals surface area contributed by atoms with Gasteiger partial charge in [0.15, 0.2) is 0 Å². The molecular weight excluding hydrogens is 403 g/mol. The monoisotopic (exact) mass is 426 g/mol. The molecule has 3 aliphatic rings. The molecule has 2 aromatic carbocycles. The summed E-state index contributed by atoms with van der Waals surface area (Å²) in [6.45, 7) is 0. The predicted octanol–water partition coefficient (Wildman–Crippen LogP) is 2.59. The molecule has 1 heterocycles. The lowest BCUT2D eigenvalue weighted by Gasteiger charge is -2.20. The maximum Gasteiger partial charge on any atom is 0.522 e. The molecule has 7 nitrogen and oxygen atoms in total. The van der Waals surface area contributed by atoms with Gasteiger partial charge in [0.1, 0.15) is 5.75 Å². The lowest BCUT2D eigenvalue weighted by atomic mass is 9.79. The number of sulfonamides is 1.